The van der Waals surface area contributed by atoms with Crippen LogP contribution in [0, 0.1) is 0 Å². The first-order chi connectivity index (χ1) is 8.55. The standard InChI is InChI=1S/C14H24N2OS/c1-14(2,17-3)8-7-11(16-15)13-9-10-5-4-6-12(10)18-13/h9,11,16H,4-8,15H2,1-3H3. The number of hydrogen-bond donors (Lipinski definition) is 2. The first kappa shape index (κ1) is 14.0. The summed E-state index contributed by atoms with van der Waals surface area (Å²) in [4.78, 5) is 2.95. The van der Waals surface area contributed by atoms with Crippen LogP contribution in [0.2, 0.25) is 0 Å². The molecule has 1 unspecified atom stereocenters. The fourth-order valence-electron chi connectivity index (χ4n) is 2.43. The van der Waals surface area contributed by atoms with Crippen molar-refractivity contribution in [1.82, 2.24) is 5.43 Å². The average Bonchev–Trinajstić information content (AvgIpc) is 2.90. The van der Waals surface area contributed by atoms with Gasteiger partial charge in [-0.3, -0.25) is 11.3 Å². The van der Waals surface area contributed by atoms with Crippen LogP contribution < -0.4 is 11.3 Å². The quantitative estimate of drug-likeness (QED) is 0.616. The van der Waals surface area contributed by atoms with Gasteiger partial charge in [-0.15, -0.1) is 11.3 Å². The normalized spacial score (nSPS) is 16.9. The van der Waals surface area contributed by atoms with Crippen molar-refractivity contribution in [2.75, 3.05) is 7.11 Å². The van der Waals surface area contributed by atoms with Crippen LogP contribution in [0.25, 0.3) is 0 Å². The molecule has 0 saturated heterocycles. The zero-order valence-corrected chi connectivity index (χ0v) is 12.4. The maximum absolute atomic E-state index is 5.71. The molecule has 0 fully saturated rings. The Morgan fingerprint density at radius 3 is 2.89 bits per heavy atom. The Bertz CT molecular complexity index is 379. The van der Waals surface area contributed by atoms with E-state index in [4.69, 9.17) is 10.6 Å². The summed E-state index contributed by atoms with van der Waals surface area (Å²) in [6.45, 7) is 4.24. The van der Waals surface area contributed by atoms with Crippen molar-refractivity contribution in [2.45, 2.75) is 57.6 Å². The summed E-state index contributed by atoms with van der Waals surface area (Å²) >= 11 is 1.93. The Kier molecular flexibility index (Phi) is 4.43. The number of hydrogen-bond acceptors (Lipinski definition) is 4. The molecule has 0 aliphatic heterocycles. The van der Waals surface area contributed by atoms with Gasteiger partial charge in [-0.05, 0) is 57.6 Å². The molecule has 0 spiro atoms. The van der Waals surface area contributed by atoms with E-state index >= 15 is 0 Å². The van der Waals surface area contributed by atoms with Gasteiger partial charge in [-0.25, -0.2) is 0 Å². The molecule has 0 saturated carbocycles. The third kappa shape index (κ3) is 3.12. The molecule has 3 N–H and O–H groups in total. The van der Waals surface area contributed by atoms with Crippen molar-refractivity contribution < 1.29 is 4.74 Å². The summed E-state index contributed by atoms with van der Waals surface area (Å²) in [6.07, 6.45) is 5.82. The summed E-state index contributed by atoms with van der Waals surface area (Å²) in [7, 11) is 1.77. The van der Waals surface area contributed by atoms with E-state index in [-0.39, 0.29) is 11.6 Å². The number of ether oxygens (including phenoxy) is 1. The zero-order chi connectivity index (χ0) is 13.2. The van der Waals surface area contributed by atoms with E-state index in [1.54, 1.807) is 17.6 Å². The van der Waals surface area contributed by atoms with Crippen molar-refractivity contribution in [3.8, 4) is 0 Å². The van der Waals surface area contributed by atoms with E-state index in [2.05, 4.69) is 25.3 Å². The zero-order valence-electron chi connectivity index (χ0n) is 11.6. The molecule has 0 radical (unpaired) electrons. The minimum atomic E-state index is -0.0743. The highest BCUT2D eigenvalue weighted by molar-refractivity contribution is 7.12. The molecule has 1 aromatic rings. The Balaban J connectivity index is 2.00. The maximum atomic E-state index is 5.71. The van der Waals surface area contributed by atoms with Crippen LogP contribution in [-0.4, -0.2) is 12.7 Å². The van der Waals surface area contributed by atoms with Crippen LogP contribution in [0.5, 0.6) is 0 Å². The fourth-order valence-corrected chi connectivity index (χ4v) is 3.78. The molecule has 1 heterocycles. The van der Waals surface area contributed by atoms with Gasteiger partial charge in [0.2, 0.25) is 0 Å². The first-order valence-corrected chi connectivity index (χ1v) is 7.50. The van der Waals surface area contributed by atoms with Crippen LogP contribution in [-0.2, 0) is 17.6 Å². The molecule has 0 amide bonds. The number of nitrogens with two attached hydrogens (primary N) is 1. The molecule has 18 heavy (non-hydrogen) atoms. The van der Waals surface area contributed by atoms with E-state index in [9.17, 15) is 0 Å². The van der Waals surface area contributed by atoms with Gasteiger partial charge in [0.05, 0.1) is 11.6 Å². The Labute approximate surface area is 114 Å². The minimum absolute atomic E-state index is 0.0743. The number of nitrogens with one attached hydrogen (secondary N) is 1. The summed E-state index contributed by atoms with van der Waals surface area (Å²) in [5.41, 5.74) is 4.43. The lowest BCUT2D eigenvalue weighted by atomic mass is 9.98. The lowest BCUT2D eigenvalue weighted by molar-refractivity contribution is 0.0117. The van der Waals surface area contributed by atoms with Crippen LogP contribution in [0.15, 0.2) is 6.07 Å². The maximum Gasteiger partial charge on any atom is 0.0623 e. The highest BCUT2D eigenvalue weighted by Gasteiger charge is 2.23. The number of rotatable bonds is 6. The lowest BCUT2D eigenvalue weighted by Gasteiger charge is -2.25. The summed E-state index contributed by atoms with van der Waals surface area (Å²) in [5.74, 6) is 5.71. The van der Waals surface area contributed by atoms with Crippen molar-refractivity contribution in [3.05, 3.63) is 21.4 Å². The van der Waals surface area contributed by atoms with E-state index in [1.807, 2.05) is 11.3 Å². The van der Waals surface area contributed by atoms with Gasteiger partial charge >= 0.3 is 0 Å². The predicted octanol–water partition coefficient (Wildman–Crippen LogP) is 2.95. The minimum Gasteiger partial charge on any atom is -0.379 e. The van der Waals surface area contributed by atoms with Gasteiger partial charge in [-0.2, -0.15) is 0 Å². The van der Waals surface area contributed by atoms with Gasteiger partial charge in [0.1, 0.15) is 0 Å². The highest BCUT2D eigenvalue weighted by Crippen LogP contribution is 2.35. The second kappa shape index (κ2) is 5.70. The molecule has 1 atom stereocenters. The Hall–Kier alpha value is -0.420. The molecule has 1 aliphatic rings. The topological polar surface area (TPSA) is 47.3 Å². The molecule has 0 aromatic carbocycles. The van der Waals surface area contributed by atoms with Crippen molar-refractivity contribution in [3.63, 3.8) is 0 Å². The van der Waals surface area contributed by atoms with Gasteiger partial charge in [0.25, 0.3) is 0 Å². The predicted molar refractivity (Wildman–Crippen MR) is 76.7 cm³/mol. The number of fused-ring (bicyclic) bond motifs is 1. The second-order valence-electron chi connectivity index (χ2n) is 5.67. The molecule has 102 valence electrons. The molecular weight excluding hydrogens is 244 g/mol. The van der Waals surface area contributed by atoms with Gasteiger partial charge < -0.3 is 4.74 Å². The molecule has 3 nitrogen and oxygen atoms in total. The largest absolute Gasteiger partial charge is 0.379 e. The number of thiophene rings is 1. The van der Waals surface area contributed by atoms with Crippen molar-refractivity contribution >= 4 is 11.3 Å². The number of aryl methyl sites for hydroxylation is 2. The molecule has 0 bridgehead atoms. The Morgan fingerprint density at radius 2 is 2.28 bits per heavy atom. The molecule has 1 aromatic heterocycles. The van der Waals surface area contributed by atoms with Gasteiger partial charge in [0, 0.05) is 16.9 Å². The lowest BCUT2D eigenvalue weighted by Crippen LogP contribution is -2.30. The summed E-state index contributed by atoms with van der Waals surface area (Å²) < 4.78 is 5.46. The molecule has 2 rings (SSSR count). The van der Waals surface area contributed by atoms with Crippen LogP contribution in [0.3, 0.4) is 0 Å². The smallest absolute Gasteiger partial charge is 0.0623 e. The summed E-state index contributed by atoms with van der Waals surface area (Å²) in [6, 6.07) is 2.60. The van der Waals surface area contributed by atoms with E-state index < -0.39 is 0 Å². The van der Waals surface area contributed by atoms with Crippen LogP contribution in [0.1, 0.15) is 54.5 Å². The number of methoxy groups -OCH3 is 1. The highest BCUT2D eigenvalue weighted by atomic mass is 32.1. The average molecular weight is 268 g/mol. The SMILES string of the molecule is COC(C)(C)CCC(NN)c1cc2c(s1)CCC2. The van der Waals surface area contributed by atoms with E-state index in [0.717, 1.165) is 12.8 Å². The first-order valence-electron chi connectivity index (χ1n) is 6.68. The third-order valence-electron chi connectivity index (χ3n) is 3.90. The Morgan fingerprint density at radius 1 is 1.50 bits per heavy atom. The van der Waals surface area contributed by atoms with E-state index in [1.165, 1.54) is 24.1 Å². The van der Waals surface area contributed by atoms with Crippen LogP contribution >= 0.6 is 11.3 Å². The summed E-state index contributed by atoms with van der Waals surface area (Å²) in [5, 5.41) is 0. The van der Waals surface area contributed by atoms with Crippen molar-refractivity contribution in [1.29, 1.82) is 0 Å². The molecule has 4 heteroatoms. The van der Waals surface area contributed by atoms with Gasteiger partial charge in [0.15, 0.2) is 0 Å². The van der Waals surface area contributed by atoms with Gasteiger partial charge in [-0.1, -0.05) is 0 Å². The third-order valence-corrected chi connectivity index (χ3v) is 5.25. The molecule has 1 aliphatic carbocycles. The van der Waals surface area contributed by atoms with Crippen molar-refractivity contribution in [2.24, 2.45) is 5.84 Å². The fraction of sp³-hybridized carbons (Fsp3) is 0.714. The monoisotopic (exact) mass is 268 g/mol. The number of hydrazine groups is 1. The van der Waals surface area contributed by atoms with E-state index in [0.29, 0.717) is 0 Å². The second-order valence-corrected chi connectivity index (χ2v) is 6.84. The van der Waals surface area contributed by atoms with Crippen LogP contribution in [0.4, 0.5) is 0 Å². The molecular formula is C14H24N2OS.